The molecular weight excluding hydrogens is 276 g/mol. The van der Waals surface area contributed by atoms with Crippen molar-refractivity contribution in [2.75, 3.05) is 17.2 Å². The number of nitrogens with one attached hydrogen (secondary N) is 2. The van der Waals surface area contributed by atoms with E-state index in [1.807, 2.05) is 0 Å². The lowest BCUT2D eigenvalue weighted by molar-refractivity contribution is -0.133. The number of aromatic nitrogens is 2. The Morgan fingerprint density at radius 2 is 2.10 bits per heavy atom. The minimum absolute atomic E-state index is 0.200. The summed E-state index contributed by atoms with van der Waals surface area (Å²) < 4.78 is 9.93. The highest BCUT2D eigenvalue weighted by Gasteiger charge is 2.18. The molecule has 2 amide bonds. The van der Waals surface area contributed by atoms with E-state index in [0.717, 1.165) is 0 Å². The Morgan fingerprint density at radius 1 is 1.33 bits per heavy atom. The Kier molecular flexibility index (Phi) is 4.50. The van der Waals surface area contributed by atoms with Crippen molar-refractivity contribution < 1.29 is 18.8 Å². The molecule has 0 aromatic carbocycles. The fourth-order valence-electron chi connectivity index (χ4n) is 1.49. The molecule has 2 heterocycles. The van der Waals surface area contributed by atoms with Crippen LogP contribution in [0, 0.1) is 6.92 Å². The summed E-state index contributed by atoms with van der Waals surface area (Å²) in [5.41, 5.74) is 0.934. The van der Waals surface area contributed by atoms with E-state index < -0.39 is 11.8 Å². The van der Waals surface area contributed by atoms with E-state index in [1.165, 1.54) is 12.5 Å². The van der Waals surface area contributed by atoms with Gasteiger partial charge in [-0.25, -0.2) is 4.98 Å². The molecule has 2 aromatic rings. The van der Waals surface area contributed by atoms with Gasteiger partial charge in [-0.05, 0) is 26.0 Å². The fourth-order valence-corrected chi connectivity index (χ4v) is 1.49. The molecule has 0 spiro atoms. The van der Waals surface area contributed by atoms with Crippen molar-refractivity contribution in [3.63, 3.8) is 0 Å². The Bertz CT molecular complexity index is 653. The zero-order valence-electron chi connectivity index (χ0n) is 11.5. The molecule has 0 aliphatic rings. The number of hydrogen-bond acceptors (Lipinski definition) is 6. The molecule has 21 heavy (non-hydrogen) atoms. The fraction of sp³-hybridized carbons (Fsp3) is 0.231. The summed E-state index contributed by atoms with van der Waals surface area (Å²) in [6.07, 6.45) is 2.89. The van der Waals surface area contributed by atoms with Crippen LogP contribution in [0.2, 0.25) is 0 Å². The average Bonchev–Trinajstić information content (AvgIpc) is 2.86. The van der Waals surface area contributed by atoms with Gasteiger partial charge in [0.15, 0.2) is 5.82 Å². The predicted octanol–water partition coefficient (Wildman–Crippen LogP) is 1.35. The van der Waals surface area contributed by atoms with Crippen molar-refractivity contribution in [1.82, 2.24) is 10.1 Å². The van der Waals surface area contributed by atoms with Crippen LogP contribution < -0.4 is 15.4 Å². The quantitative estimate of drug-likeness (QED) is 0.823. The van der Waals surface area contributed by atoms with Gasteiger partial charge < -0.3 is 14.6 Å². The van der Waals surface area contributed by atoms with Crippen molar-refractivity contribution in [2.24, 2.45) is 0 Å². The maximum absolute atomic E-state index is 11.8. The van der Waals surface area contributed by atoms with Gasteiger partial charge in [0.2, 0.25) is 5.88 Å². The number of amides is 2. The number of rotatable bonds is 4. The molecule has 0 saturated heterocycles. The summed E-state index contributed by atoms with van der Waals surface area (Å²) >= 11 is 0. The summed E-state index contributed by atoms with van der Waals surface area (Å²) in [5, 5.41) is 8.34. The highest BCUT2D eigenvalue weighted by atomic mass is 16.5. The van der Waals surface area contributed by atoms with E-state index >= 15 is 0 Å². The summed E-state index contributed by atoms with van der Waals surface area (Å²) in [6, 6.07) is 3.21. The van der Waals surface area contributed by atoms with Crippen molar-refractivity contribution in [1.29, 1.82) is 0 Å². The molecule has 8 heteroatoms. The van der Waals surface area contributed by atoms with Gasteiger partial charge in [0.05, 0.1) is 6.61 Å². The molecule has 2 N–H and O–H groups in total. The number of aryl methyl sites for hydroxylation is 1. The van der Waals surface area contributed by atoms with E-state index in [9.17, 15) is 9.59 Å². The van der Waals surface area contributed by atoms with Crippen LogP contribution in [-0.2, 0) is 9.59 Å². The number of hydrogen-bond donors (Lipinski definition) is 2. The highest BCUT2D eigenvalue weighted by Crippen LogP contribution is 2.20. The molecule has 0 fully saturated rings. The van der Waals surface area contributed by atoms with Gasteiger partial charge in [0.25, 0.3) is 0 Å². The van der Waals surface area contributed by atoms with Gasteiger partial charge in [-0.2, -0.15) is 0 Å². The van der Waals surface area contributed by atoms with Crippen LogP contribution >= 0.6 is 0 Å². The zero-order valence-corrected chi connectivity index (χ0v) is 11.5. The number of anilines is 2. The summed E-state index contributed by atoms with van der Waals surface area (Å²) in [5.74, 6) is -1.27. The number of carbonyl (C=O) groups excluding carboxylic acids is 2. The van der Waals surface area contributed by atoms with Gasteiger partial charge in [-0.3, -0.25) is 14.9 Å². The maximum Gasteiger partial charge on any atom is 0.315 e. The van der Waals surface area contributed by atoms with E-state index in [-0.39, 0.29) is 11.7 Å². The first-order valence-corrected chi connectivity index (χ1v) is 6.23. The molecule has 0 atom stereocenters. The van der Waals surface area contributed by atoms with Gasteiger partial charge in [0, 0.05) is 11.8 Å². The molecule has 0 unspecified atom stereocenters. The third-order valence-electron chi connectivity index (χ3n) is 2.49. The van der Waals surface area contributed by atoms with Gasteiger partial charge in [-0.15, -0.1) is 0 Å². The first-order valence-electron chi connectivity index (χ1n) is 6.23. The average molecular weight is 290 g/mol. The van der Waals surface area contributed by atoms with Crippen molar-refractivity contribution >= 4 is 23.3 Å². The Morgan fingerprint density at radius 3 is 2.76 bits per heavy atom. The molecule has 0 bridgehead atoms. The topological polar surface area (TPSA) is 106 Å². The summed E-state index contributed by atoms with van der Waals surface area (Å²) in [7, 11) is 0. The minimum Gasteiger partial charge on any atom is -0.476 e. The predicted molar refractivity (Wildman–Crippen MR) is 73.9 cm³/mol. The molecule has 2 aromatic heterocycles. The Labute approximate surface area is 120 Å². The third kappa shape index (κ3) is 3.56. The molecule has 8 nitrogen and oxygen atoms in total. The van der Waals surface area contributed by atoms with Crippen molar-refractivity contribution in [2.45, 2.75) is 13.8 Å². The SMILES string of the molecule is CCOc1ncccc1NC(=O)C(=O)Nc1nocc1C. The minimum atomic E-state index is -0.863. The van der Waals surface area contributed by atoms with Crippen molar-refractivity contribution in [3.8, 4) is 5.88 Å². The molecule has 0 aliphatic heterocycles. The first kappa shape index (κ1) is 14.5. The molecule has 110 valence electrons. The normalized spacial score (nSPS) is 10.0. The number of pyridine rings is 1. The Hall–Kier alpha value is -2.90. The van der Waals surface area contributed by atoms with Crippen LogP contribution in [0.4, 0.5) is 11.5 Å². The highest BCUT2D eigenvalue weighted by molar-refractivity contribution is 6.43. The van der Waals surface area contributed by atoms with Crippen LogP contribution in [0.1, 0.15) is 12.5 Å². The number of ether oxygens (including phenoxy) is 1. The van der Waals surface area contributed by atoms with Gasteiger partial charge in [-0.1, -0.05) is 5.16 Å². The third-order valence-corrected chi connectivity index (χ3v) is 2.49. The molecular formula is C13H14N4O4. The lowest BCUT2D eigenvalue weighted by Crippen LogP contribution is -2.29. The lowest BCUT2D eigenvalue weighted by Gasteiger charge is -2.09. The van der Waals surface area contributed by atoms with Crippen LogP contribution in [0.5, 0.6) is 5.88 Å². The largest absolute Gasteiger partial charge is 0.476 e. The molecule has 2 rings (SSSR count). The summed E-state index contributed by atoms with van der Waals surface area (Å²) in [4.78, 5) is 27.6. The van der Waals surface area contributed by atoms with Crippen molar-refractivity contribution in [3.05, 3.63) is 30.2 Å². The van der Waals surface area contributed by atoms with Crippen LogP contribution in [0.25, 0.3) is 0 Å². The maximum atomic E-state index is 11.8. The second-order valence-corrected chi connectivity index (χ2v) is 4.04. The molecule has 0 aliphatic carbocycles. The van der Waals surface area contributed by atoms with E-state index in [4.69, 9.17) is 4.74 Å². The van der Waals surface area contributed by atoms with Gasteiger partial charge >= 0.3 is 11.8 Å². The standard InChI is InChI=1S/C13H14N4O4/c1-3-20-13-9(5-4-6-14-13)15-11(18)12(19)16-10-8(2)7-21-17-10/h4-7H,3H2,1-2H3,(H,15,18)(H,16,17,19). The van der Waals surface area contributed by atoms with E-state index in [1.54, 1.807) is 26.0 Å². The van der Waals surface area contributed by atoms with Crippen LogP contribution in [0.15, 0.2) is 29.1 Å². The lowest BCUT2D eigenvalue weighted by atomic mass is 10.3. The van der Waals surface area contributed by atoms with E-state index in [2.05, 4.69) is 25.3 Å². The zero-order chi connectivity index (χ0) is 15.2. The summed E-state index contributed by atoms with van der Waals surface area (Å²) in [6.45, 7) is 3.88. The van der Waals surface area contributed by atoms with Gasteiger partial charge in [0.1, 0.15) is 12.0 Å². The molecule has 0 saturated carbocycles. The first-order chi connectivity index (χ1) is 10.1. The number of carbonyl (C=O) groups is 2. The van der Waals surface area contributed by atoms with Crippen LogP contribution in [0.3, 0.4) is 0 Å². The number of nitrogens with zero attached hydrogens (tertiary/aromatic N) is 2. The smallest absolute Gasteiger partial charge is 0.315 e. The van der Waals surface area contributed by atoms with E-state index in [0.29, 0.717) is 17.9 Å². The monoisotopic (exact) mass is 290 g/mol. The molecule has 0 radical (unpaired) electrons. The second kappa shape index (κ2) is 6.51. The second-order valence-electron chi connectivity index (χ2n) is 4.04. The van der Waals surface area contributed by atoms with Crippen LogP contribution in [-0.4, -0.2) is 28.6 Å². The Balaban J connectivity index is 2.04.